The van der Waals surface area contributed by atoms with Gasteiger partial charge in [0.25, 0.3) is 5.91 Å². The molecule has 3 aromatic rings. The largest absolute Gasteiger partial charge is 0.497 e. The Morgan fingerprint density at radius 2 is 1.70 bits per heavy atom. The molecule has 0 saturated heterocycles. The van der Waals surface area contributed by atoms with Gasteiger partial charge in [-0.1, -0.05) is 0 Å². The van der Waals surface area contributed by atoms with Gasteiger partial charge in [0.2, 0.25) is 5.43 Å². The lowest BCUT2D eigenvalue weighted by Crippen LogP contribution is -2.25. The van der Waals surface area contributed by atoms with Crippen molar-refractivity contribution in [3.05, 3.63) is 76.7 Å². The van der Waals surface area contributed by atoms with Gasteiger partial charge >= 0.3 is 0 Å². The molecular weight excluding hydrogens is 346 g/mol. The quantitative estimate of drug-likeness (QED) is 0.726. The third-order valence-electron chi connectivity index (χ3n) is 3.78. The second-order valence-corrected chi connectivity index (χ2v) is 5.58. The Morgan fingerprint density at radius 3 is 2.33 bits per heavy atom. The van der Waals surface area contributed by atoms with Gasteiger partial charge in [0.15, 0.2) is 5.69 Å². The highest BCUT2D eigenvalue weighted by Crippen LogP contribution is 2.16. The highest BCUT2D eigenvalue weighted by atomic mass is 16.5. The molecule has 0 aliphatic carbocycles. The number of nitrogens with zero attached hydrogens (tertiary/aromatic N) is 2. The molecule has 7 nitrogen and oxygen atoms in total. The van der Waals surface area contributed by atoms with Crippen molar-refractivity contribution in [2.75, 3.05) is 19.0 Å². The van der Waals surface area contributed by atoms with E-state index < -0.39 is 11.3 Å². The first-order valence-corrected chi connectivity index (χ1v) is 8.39. The molecule has 1 amide bonds. The Labute approximate surface area is 156 Å². The molecule has 0 fully saturated rings. The Bertz CT molecular complexity index is 979. The number of hydrogen-bond acceptors (Lipinski definition) is 5. The van der Waals surface area contributed by atoms with Crippen molar-refractivity contribution < 1.29 is 14.3 Å². The van der Waals surface area contributed by atoms with E-state index in [-0.39, 0.29) is 5.69 Å². The minimum atomic E-state index is -0.578. The number of hydrogen-bond donors (Lipinski definition) is 1. The number of nitrogens with one attached hydrogen (secondary N) is 1. The number of carbonyl (C=O) groups excluding carboxylic acids is 1. The normalized spacial score (nSPS) is 10.3. The summed E-state index contributed by atoms with van der Waals surface area (Å²) in [6.07, 6.45) is 1.52. The Balaban J connectivity index is 1.83. The molecule has 1 N–H and O–H groups in total. The average Bonchev–Trinajstić information content (AvgIpc) is 2.70. The molecule has 1 aromatic heterocycles. The molecule has 0 saturated carbocycles. The van der Waals surface area contributed by atoms with Crippen LogP contribution in [0, 0.1) is 0 Å². The van der Waals surface area contributed by atoms with E-state index in [9.17, 15) is 9.59 Å². The lowest BCUT2D eigenvalue weighted by molar-refractivity contribution is 0.101. The molecule has 0 atom stereocenters. The number of amides is 1. The first-order valence-electron chi connectivity index (χ1n) is 8.39. The van der Waals surface area contributed by atoms with E-state index in [4.69, 9.17) is 9.47 Å². The first-order chi connectivity index (χ1) is 13.1. The molecule has 7 heteroatoms. The molecule has 1 heterocycles. The van der Waals surface area contributed by atoms with E-state index >= 15 is 0 Å². The molecule has 0 aliphatic rings. The summed E-state index contributed by atoms with van der Waals surface area (Å²) in [6, 6.07) is 15.3. The van der Waals surface area contributed by atoms with Crippen molar-refractivity contribution >= 4 is 11.6 Å². The van der Waals surface area contributed by atoms with Gasteiger partial charge in [0, 0.05) is 18.0 Å². The molecule has 0 radical (unpaired) electrons. The summed E-state index contributed by atoms with van der Waals surface area (Å²) in [6.45, 7) is 2.48. The maximum absolute atomic E-state index is 12.5. The third kappa shape index (κ3) is 4.33. The topological polar surface area (TPSA) is 82.5 Å². The second-order valence-electron chi connectivity index (χ2n) is 5.58. The van der Waals surface area contributed by atoms with E-state index in [1.807, 2.05) is 6.92 Å². The van der Waals surface area contributed by atoms with Crippen LogP contribution in [0.25, 0.3) is 5.69 Å². The summed E-state index contributed by atoms with van der Waals surface area (Å²) >= 11 is 0. The van der Waals surface area contributed by atoms with E-state index in [0.29, 0.717) is 23.7 Å². The van der Waals surface area contributed by atoms with Crippen LogP contribution < -0.4 is 20.2 Å². The molecule has 0 bridgehead atoms. The lowest BCUT2D eigenvalue weighted by Gasteiger charge is -2.09. The van der Waals surface area contributed by atoms with Crippen molar-refractivity contribution in [2.45, 2.75) is 6.92 Å². The molecule has 3 rings (SSSR count). The highest BCUT2D eigenvalue weighted by molar-refractivity contribution is 6.02. The first kappa shape index (κ1) is 18.2. The van der Waals surface area contributed by atoms with Gasteiger partial charge in [0.05, 0.1) is 19.4 Å². The van der Waals surface area contributed by atoms with Crippen molar-refractivity contribution in [1.82, 2.24) is 9.78 Å². The zero-order valence-electron chi connectivity index (χ0n) is 15.0. The number of methoxy groups -OCH3 is 1. The third-order valence-corrected chi connectivity index (χ3v) is 3.78. The van der Waals surface area contributed by atoms with Gasteiger partial charge in [0.1, 0.15) is 11.5 Å². The van der Waals surface area contributed by atoms with Gasteiger partial charge in [-0.3, -0.25) is 9.59 Å². The Morgan fingerprint density at radius 1 is 1.04 bits per heavy atom. The van der Waals surface area contributed by atoms with Crippen LogP contribution in [-0.4, -0.2) is 29.4 Å². The molecule has 0 unspecified atom stereocenters. The minimum Gasteiger partial charge on any atom is -0.497 e. The zero-order valence-corrected chi connectivity index (χ0v) is 15.0. The van der Waals surface area contributed by atoms with Crippen molar-refractivity contribution in [3.63, 3.8) is 0 Å². The molecule has 2 aromatic carbocycles. The SMILES string of the molecule is CCOc1ccc(-n2ccc(=O)c(C(=O)Nc3ccc(OC)cc3)n2)cc1. The summed E-state index contributed by atoms with van der Waals surface area (Å²) in [5.74, 6) is 0.828. The number of ether oxygens (including phenoxy) is 2. The van der Waals surface area contributed by atoms with Crippen LogP contribution in [0.5, 0.6) is 11.5 Å². The summed E-state index contributed by atoms with van der Waals surface area (Å²) in [7, 11) is 1.56. The summed E-state index contributed by atoms with van der Waals surface area (Å²) in [4.78, 5) is 24.6. The van der Waals surface area contributed by atoms with Crippen LogP contribution in [0.15, 0.2) is 65.6 Å². The summed E-state index contributed by atoms with van der Waals surface area (Å²) < 4.78 is 12.0. The zero-order chi connectivity index (χ0) is 19.2. The second kappa shape index (κ2) is 8.18. The maximum atomic E-state index is 12.5. The molecular formula is C20H19N3O4. The fourth-order valence-electron chi connectivity index (χ4n) is 2.44. The smallest absolute Gasteiger partial charge is 0.280 e. The van der Waals surface area contributed by atoms with Gasteiger partial charge in [-0.2, -0.15) is 5.10 Å². The van der Waals surface area contributed by atoms with Crippen LogP contribution in [0.4, 0.5) is 5.69 Å². The van der Waals surface area contributed by atoms with Crippen LogP contribution in [0.1, 0.15) is 17.4 Å². The molecule has 0 spiro atoms. The van der Waals surface area contributed by atoms with Crippen LogP contribution in [0.3, 0.4) is 0 Å². The number of rotatable bonds is 6. The van der Waals surface area contributed by atoms with Crippen LogP contribution in [-0.2, 0) is 0 Å². The summed E-state index contributed by atoms with van der Waals surface area (Å²) in [5, 5.41) is 6.84. The number of carbonyl (C=O) groups is 1. The predicted octanol–water partition coefficient (Wildman–Crippen LogP) is 2.89. The average molecular weight is 365 g/mol. The van der Waals surface area contributed by atoms with Gasteiger partial charge in [-0.05, 0) is 55.5 Å². The summed E-state index contributed by atoms with van der Waals surface area (Å²) in [5.41, 5.74) is 0.598. The van der Waals surface area contributed by atoms with E-state index in [1.54, 1.807) is 55.6 Å². The highest BCUT2D eigenvalue weighted by Gasteiger charge is 2.14. The fourth-order valence-corrected chi connectivity index (χ4v) is 2.44. The molecule has 27 heavy (non-hydrogen) atoms. The number of benzene rings is 2. The van der Waals surface area contributed by atoms with Crippen molar-refractivity contribution in [1.29, 1.82) is 0 Å². The van der Waals surface area contributed by atoms with Crippen molar-refractivity contribution in [2.24, 2.45) is 0 Å². The van der Waals surface area contributed by atoms with Gasteiger partial charge in [-0.25, -0.2) is 4.68 Å². The molecule has 138 valence electrons. The van der Waals surface area contributed by atoms with Crippen molar-refractivity contribution in [3.8, 4) is 17.2 Å². The monoisotopic (exact) mass is 365 g/mol. The fraction of sp³-hybridized carbons (Fsp3) is 0.150. The number of anilines is 1. The Kier molecular flexibility index (Phi) is 5.51. The standard InChI is InChI=1S/C20H19N3O4/c1-3-27-17-10-6-15(7-11-17)23-13-12-18(24)19(22-23)20(25)21-14-4-8-16(26-2)9-5-14/h4-13H,3H2,1-2H3,(H,21,25). The minimum absolute atomic E-state index is 0.192. The van der Waals surface area contributed by atoms with E-state index in [1.165, 1.54) is 16.9 Å². The van der Waals surface area contributed by atoms with E-state index in [0.717, 1.165) is 5.75 Å². The van der Waals surface area contributed by atoms with Crippen LogP contribution >= 0.6 is 0 Å². The van der Waals surface area contributed by atoms with E-state index in [2.05, 4.69) is 10.4 Å². The molecule has 0 aliphatic heterocycles. The Hall–Kier alpha value is -3.61. The number of aromatic nitrogens is 2. The lowest BCUT2D eigenvalue weighted by atomic mass is 10.2. The maximum Gasteiger partial charge on any atom is 0.280 e. The van der Waals surface area contributed by atoms with Gasteiger partial charge < -0.3 is 14.8 Å². The van der Waals surface area contributed by atoms with Gasteiger partial charge in [-0.15, -0.1) is 0 Å². The predicted molar refractivity (Wildman–Crippen MR) is 102 cm³/mol. The van der Waals surface area contributed by atoms with Crippen LogP contribution in [0.2, 0.25) is 0 Å².